The zero-order valence-corrected chi connectivity index (χ0v) is 12.8. The second-order valence-electron chi connectivity index (χ2n) is 5.92. The molecule has 0 aliphatic rings. The second-order valence-corrected chi connectivity index (χ2v) is 5.92. The van der Waals surface area contributed by atoms with Crippen LogP contribution in [-0.4, -0.2) is 42.9 Å². The first kappa shape index (κ1) is 16.0. The third kappa shape index (κ3) is 5.30. The van der Waals surface area contributed by atoms with Gasteiger partial charge in [-0.25, -0.2) is 0 Å². The molecule has 1 aromatic carbocycles. The Morgan fingerprint density at radius 1 is 1.10 bits per heavy atom. The monoisotopic (exact) mass is 277 g/mol. The number of likely N-dealkylation sites (N-methyl/N-ethyl adjacent to an activating group) is 1. The molecule has 1 aromatic rings. The number of amides is 2. The summed E-state index contributed by atoms with van der Waals surface area (Å²) in [4.78, 5) is 24.9. The Morgan fingerprint density at radius 2 is 1.65 bits per heavy atom. The second kappa shape index (κ2) is 6.41. The normalized spacial score (nSPS) is 10.8. The molecule has 0 aliphatic heterocycles. The predicted molar refractivity (Wildman–Crippen MR) is 80.8 cm³/mol. The minimum atomic E-state index is -0.258. The molecular formula is C15H23N3O2. The van der Waals surface area contributed by atoms with Crippen LogP contribution in [-0.2, 0) is 4.79 Å². The van der Waals surface area contributed by atoms with Crippen molar-refractivity contribution in [2.45, 2.75) is 26.3 Å². The molecule has 0 aliphatic carbocycles. The summed E-state index contributed by atoms with van der Waals surface area (Å²) >= 11 is 0. The summed E-state index contributed by atoms with van der Waals surface area (Å²) in [5, 5.41) is 5.92. The highest BCUT2D eigenvalue weighted by Gasteiger charge is 2.15. The van der Waals surface area contributed by atoms with E-state index in [-0.39, 0.29) is 23.9 Å². The van der Waals surface area contributed by atoms with Gasteiger partial charge in [0.1, 0.15) is 0 Å². The van der Waals surface area contributed by atoms with Crippen molar-refractivity contribution in [1.82, 2.24) is 10.2 Å². The van der Waals surface area contributed by atoms with Crippen LogP contribution in [0.25, 0.3) is 0 Å². The van der Waals surface area contributed by atoms with Crippen LogP contribution in [0.5, 0.6) is 0 Å². The van der Waals surface area contributed by atoms with E-state index in [9.17, 15) is 9.59 Å². The van der Waals surface area contributed by atoms with Crippen molar-refractivity contribution in [2.75, 3.05) is 26.0 Å². The molecule has 0 radical (unpaired) electrons. The molecule has 5 heteroatoms. The maximum absolute atomic E-state index is 11.9. The Bertz CT molecular complexity index is 473. The highest BCUT2D eigenvalue weighted by Crippen LogP contribution is 2.10. The molecule has 0 bridgehead atoms. The fourth-order valence-corrected chi connectivity index (χ4v) is 1.49. The van der Waals surface area contributed by atoms with Crippen molar-refractivity contribution in [3.8, 4) is 0 Å². The molecule has 2 N–H and O–H groups in total. The number of benzene rings is 1. The van der Waals surface area contributed by atoms with Gasteiger partial charge in [-0.2, -0.15) is 0 Å². The minimum Gasteiger partial charge on any atom is -0.376 e. The molecule has 0 aromatic heterocycles. The number of carbonyl (C=O) groups excluding carboxylic acids is 2. The molecule has 5 nitrogen and oxygen atoms in total. The van der Waals surface area contributed by atoms with Crippen LogP contribution in [0.15, 0.2) is 24.3 Å². The van der Waals surface area contributed by atoms with Gasteiger partial charge in [0.25, 0.3) is 5.91 Å². The van der Waals surface area contributed by atoms with Gasteiger partial charge in [0, 0.05) is 30.9 Å². The Labute approximate surface area is 120 Å². The standard InChI is InChI=1S/C15H23N3O2/c1-15(2,3)17-14(20)11-6-8-12(9-7-11)16-10-13(19)18(4)5/h6-9,16H,10H2,1-5H3,(H,17,20). The quantitative estimate of drug-likeness (QED) is 0.881. The van der Waals surface area contributed by atoms with E-state index in [0.29, 0.717) is 5.56 Å². The highest BCUT2D eigenvalue weighted by molar-refractivity contribution is 5.95. The maximum atomic E-state index is 11.9. The summed E-state index contributed by atoms with van der Waals surface area (Å²) in [6.07, 6.45) is 0. The van der Waals surface area contributed by atoms with Gasteiger partial charge in [0.05, 0.1) is 6.54 Å². The SMILES string of the molecule is CN(C)C(=O)CNc1ccc(C(=O)NC(C)(C)C)cc1. The highest BCUT2D eigenvalue weighted by atomic mass is 16.2. The van der Waals surface area contributed by atoms with Gasteiger partial charge < -0.3 is 15.5 Å². The first-order valence-electron chi connectivity index (χ1n) is 6.55. The molecule has 0 saturated carbocycles. The molecule has 110 valence electrons. The molecule has 0 saturated heterocycles. The van der Waals surface area contributed by atoms with Gasteiger partial charge in [-0.15, -0.1) is 0 Å². The van der Waals surface area contributed by atoms with Gasteiger partial charge in [-0.1, -0.05) is 0 Å². The number of nitrogens with zero attached hydrogens (tertiary/aromatic N) is 1. The minimum absolute atomic E-state index is 0.000415. The van der Waals surface area contributed by atoms with E-state index in [1.54, 1.807) is 38.4 Å². The van der Waals surface area contributed by atoms with Crippen molar-refractivity contribution >= 4 is 17.5 Å². The third-order valence-corrected chi connectivity index (χ3v) is 2.58. The summed E-state index contributed by atoms with van der Waals surface area (Å²) in [6, 6.07) is 7.06. The lowest BCUT2D eigenvalue weighted by molar-refractivity contribution is -0.126. The van der Waals surface area contributed by atoms with Crippen LogP contribution in [0.1, 0.15) is 31.1 Å². The van der Waals surface area contributed by atoms with Crippen LogP contribution < -0.4 is 10.6 Å². The zero-order chi connectivity index (χ0) is 15.3. The van der Waals surface area contributed by atoms with Crippen LogP contribution in [0.3, 0.4) is 0 Å². The first-order chi connectivity index (χ1) is 9.19. The molecule has 1 rings (SSSR count). The molecular weight excluding hydrogens is 254 g/mol. The van der Waals surface area contributed by atoms with Crippen molar-refractivity contribution in [1.29, 1.82) is 0 Å². The molecule has 0 spiro atoms. The number of nitrogens with one attached hydrogen (secondary N) is 2. The van der Waals surface area contributed by atoms with Gasteiger partial charge in [-0.05, 0) is 45.0 Å². The summed E-state index contributed by atoms with van der Waals surface area (Å²) in [5.74, 6) is -0.104. The molecule has 20 heavy (non-hydrogen) atoms. The number of carbonyl (C=O) groups is 2. The average Bonchev–Trinajstić information content (AvgIpc) is 2.34. The Balaban J connectivity index is 2.60. The van der Waals surface area contributed by atoms with Crippen molar-refractivity contribution < 1.29 is 9.59 Å². The molecule has 2 amide bonds. The van der Waals surface area contributed by atoms with Crippen LogP contribution in [0.4, 0.5) is 5.69 Å². The van der Waals surface area contributed by atoms with E-state index in [0.717, 1.165) is 5.69 Å². The fourth-order valence-electron chi connectivity index (χ4n) is 1.49. The smallest absolute Gasteiger partial charge is 0.251 e. The molecule has 0 unspecified atom stereocenters. The lowest BCUT2D eigenvalue weighted by Gasteiger charge is -2.20. The van der Waals surface area contributed by atoms with Gasteiger partial charge in [0.15, 0.2) is 0 Å². The largest absolute Gasteiger partial charge is 0.376 e. The van der Waals surface area contributed by atoms with E-state index in [4.69, 9.17) is 0 Å². The lowest BCUT2D eigenvalue weighted by atomic mass is 10.1. The van der Waals surface area contributed by atoms with Crippen molar-refractivity contribution in [2.24, 2.45) is 0 Å². The van der Waals surface area contributed by atoms with E-state index in [1.807, 2.05) is 20.8 Å². The molecule has 0 heterocycles. The summed E-state index contributed by atoms with van der Waals surface area (Å²) in [7, 11) is 3.42. The van der Waals surface area contributed by atoms with Crippen molar-refractivity contribution in [3.63, 3.8) is 0 Å². The Kier molecular flexibility index (Phi) is 5.13. The topological polar surface area (TPSA) is 61.4 Å². The van der Waals surface area contributed by atoms with Crippen LogP contribution in [0.2, 0.25) is 0 Å². The number of rotatable bonds is 4. The van der Waals surface area contributed by atoms with E-state index in [1.165, 1.54) is 4.90 Å². The van der Waals surface area contributed by atoms with E-state index >= 15 is 0 Å². The third-order valence-electron chi connectivity index (χ3n) is 2.58. The van der Waals surface area contributed by atoms with Crippen molar-refractivity contribution in [3.05, 3.63) is 29.8 Å². The Morgan fingerprint density at radius 3 is 2.10 bits per heavy atom. The maximum Gasteiger partial charge on any atom is 0.251 e. The number of anilines is 1. The summed E-state index contributed by atoms with van der Waals surface area (Å²) in [6.45, 7) is 6.05. The van der Waals surface area contributed by atoms with E-state index in [2.05, 4.69) is 10.6 Å². The van der Waals surface area contributed by atoms with Gasteiger partial charge in [0.2, 0.25) is 5.91 Å². The van der Waals surface area contributed by atoms with Crippen LogP contribution >= 0.6 is 0 Å². The van der Waals surface area contributed by atoms with Gasteiger partial charge in [-0.3, -0.25) is 9.59 Å². The van der Waals surface area contributed by atoms with Crippen LogP contribution in [0, 0.1) is 0 Å². The zero-order valence-electron chi connectivity index (χ0n) is 12.8. The Hall–Kier alpha value is -2.04. The van der Waals surface area contributed by atoms with E-state index < -0.39 is 0 Å². The summed E-state index contributed by atoms with van der Waals surface area (Å²) in [5.41, 5.74) is 1.16. The lowest BCUT2D eigenvalue weighted by Crippen LogP contribution is -2.40. The number of hydrogen-bond acceptors (Lipinski definition) is 3. The predicted octanol–water partition coefficient (Wildman–Crippen LogP) is 1.71. The number of hydrogen-bond donors (Lipinski definition) is 2. The molecule has 0 atom stereocenters. The fraction of sp³-hybridized carbons (Fsp3) is 0.467. The first-order valence-corrected chi connectivity index (χ1v) is 6.55. The van der Waals surface area contributed by atoms with Gasteiger partial charge >= 0.3 is 0 Å². The average molecular weight is 277 g/mol. The summed E-state index contributed by atoms with van der Waals surface area (Å²) < 4.78 is 0. The molecule has 0 fully saturated rings.